The summed E-state index contributed by atoms with van der Waals surface area (Å²) in [6.45, 7) is 13.2. The van der Waals surface area contributed by atoms with Gasteiger partial charge in [-0.1, -0.05) is 13.8 Å². The summed E-state index contributed by atoms with van der Waals surface area (Å²) in [4.78, 5) is 2.55. The first kappa shape index (κ1) is 12.9. The summed E-state index contributed by atoms with van der Waals surface area (Å²) in [5.41, 5.74) is 0.333. The first-order valence-corrected chi connectivity index (χ1v) is 5.95. The predicted molar refractivity (Wildman–Crippen MR) is 64.2 cm³/mol. The minimum Gasteiger partial charge on any atom is -0.376 e. The number of morpholine rings is 1. The highest BCUT2D eigenvalue weighted by atomic mass is 16.5. The summed E-state index contributed by atoms with van der Waals surface area (Å²) < 4.78 is 5.64. The van der Waals surface area contributed by atoms with Crippen LogP contribution in [0.3, 0.4) is 0 Å². The Morgan fingerprint density at radius 2 is 2.07 bits per heavy atom. The molecule has 1 aliphatic heterocycles. The van der Waals surface area contributed by atoms with E-state index in [9.17, 15) is 0 Å². The lowest BCUT2D eigenvalue weighted by Gasteiger charge is -2.41. The Hall–Kier alpha value is -0.120. The molecule has 1 aliphatic rings. The molecule has 1 fully saturated rings. The first-order valence-electron chi connectivity index (χ1n) is 5.95. The number of ether oxygens (including phenoxy) is 1. The minimum absolute atomic E-state index is 0.333. The molecular formula is C12H26N2O. The fourth-order valence-electron chi connectivity index (χ4n) is 2.28. The molecule has 90 valence electrons. The van der Waals surface area contributed by atoms with Gasteiger partial charge in [0.2, 0.25) is 0 Å². The third-order valence-corrected chi connectivity index (χ3v) is 3.02. The van der Waals surface area contributed by atoms with Gasteiger partial charge in [-0.2, -0.15) is 0 Å². The molecule has 1 N–H and O–H groups in total. The van der Waals surface area contributed by atoms with Gasteiger partial charge in [0, 0.05) is 25.7 Å². The van der Waals surface area contributed by atoms with Crippen LogP contribution in [0.4, 0.5) is 0 Å². The quantitative estimate of drug-likeness (QED) is 0.764. The largest absolute Gasteiger partial charge is 0.376 e. The van der Waals surface area contributed by atoms with Crippen LogP contribution in [0.5, 0.6) is 0 Å². The highest BCUT2D eigenvalue weighted by molar-refractivity contribution is 4.82. The van der Waals surface area contributed by atoms with E-state index in [4.69, 9.17) is 4.74 Å². The standard InChI is InChI=1S/C12H26N2O/c1-10-7-15-11(2)6-14(10)9-12(3,4)8-13-5/h10-11,13H,6-9H2,1-5H3. The number of hydrogen-bond acceptors (Lipinski definition) is 3. The van der Waals surface area contributed by atoms with Crippen molar-refractivity contribution >= 4 is 0 Å². The molecule has 0 aromatic heterocycles. The minimum atomic E-state index is 0.333. The Kier molecular flexibility index (Phi) is 4.56. The molecule has 0 aromatic rings. The summed E-state index contributed by atoms with van der Waals surface area (Å²) in [7, 11) is 2.02. The van der Waals surface area contributed by atoms with Gasteiger partial charge >= 0.3 is 0 Å². The van der Waals surface area contributed by atoms with Gasteiger partial charge in [0.15, 0.2) is 0 Å². The van der Waals surface area contributed by atoms with Crippen LogP contribution < -0.4 is 5.32 Å². The fourth-order valence-corrected chi connectivity index (χ4v) is 2.28. The molecule has 0 saturated carbocycles. The van der Waals surface area contributed by atoms with Crippen LogP contribution >= 0.6 is 0 Å². The monoisotopic (exact) mass is 214 g/mol. The summed E-state index contributed by atoms with van der Waals surface area (Å²) in [6, 6.07) is 0.553. The first-order chi connectivity index (χ1) is 6.94. The molecule has 15 heavy (non-hydrogen) atoms. The fraction of sp³-hybridized carbons (Fsp3) is 1.00. The van der Waals surface area contributed by atoms with Gasteiger partial charge in [-0.25, -0.2) is 0 Å². The van der Waals surface area contributed by atoms with Crippen LogP contribution in [0.2, 0.25) is 0 Å². The van der Waals surface area contributed by atoms with E-state index >= 15 is 0 Å². The number of hydrogen-bond donors (Lipinski definition) is 1. The summed E-state index contributed by atoms with van der Waals surface area (Å²) in [5.74, 6) is 0. The van der Waals surface area contributed by atoms with Crippen molar-refractivity contribution in [3.8, 4) is 0 Å². The second kappa shape index (κ2) is 5.28. The Bertz CT molecular complexity index is 194. The molecule has 1 rings (SSSR count). The van der Waals surface area contributed by atoms with Crippen molar-refractivity contribution in [2.24, 2.45) is 5.41 Å². The zero-order valence-electron chi connectivity index (χ0n) is 10.8. The number of nitrogens with zero attached hydrogens (tertiary/aromatic N) is 1. The maximum Gasteiger partial charge on any atom is 0.0674 e. The van der Waals surface area contributed by atoms with E-state index < -0.39 is 0 Å². The van der Waals surface area contributed by atoms with Gasteiger partial charge in [-0.3, -0.25) is 4.90 Å². The van der Waals surface area contributed by atoms with Crippen molar-refractivity contribution in [2.75, 3.05) is 33.3 Å². The van der Waals surface area contributed by atoms with Crippen LogP contribution in [0.15, 0.2) is 0 Å². The molecule has 0 bridgehead atoms. The second-order valence-electron chi connectivity index (χ2n) is 5.62. The Morgan fingerprint density at radius 1 is 1.40 bits per heavy atom. The van der Waals surface area contributed by atoms with Crippen molar-refractivity contribution in [3.05, 3.63) is 0 Å². The van der Waals surface area contributed by atoms with E-state index in [2.05, 4.69) is 37.9 Å². The Balaban J connectivity index is 2.47. The molecule has 0 amide bonds. The second-order valence-corrected chi connectivity index (χ2v) is 5.62. The summed E-state index contributed by atoms with van der Waals surface area (Å²) >= 11 is 0. The lowest BCUT2D eigenvalue weighted by Crippen LogP contribution is -2.51. The molecule has 1 saturated heterocycles. The molecule has 0 radical (unpaired) electrons. The Labute approximate surface area is 94.2 Å². The molecule has 2 unspecified atom stereocenters. The van der Waals surface area contributed by atoms with Gasteiger partial charge < -0.3 is 10.1 Å². The van der Waals surface area contributed by atoms with Crippen molar-refractivity contribution in [3.63, 3.8) is 0 Å². The van der Waals surface area contributed by atoms with Gasteiger partial charge in [0.1, 0.15) is 0 Å². The van der Waals surface area contributed by atoms with Gasteiger partial charge in [0.25, 0.3) is 0 Å². The molecule has 2 atom stereocenters. The van der Waals surface area contributed by atoms with E-state index in [1.165, 1.54) is 0 Å². The molecule has 3 nitrogen and oxygen atoms in total. The molecular weight excluding hydrogens is 188 g/mol. The lowest BCUT2D eigenvalue weighted by atomic mass is 9.91. The maximum atomic E-state index is 5.64. The normalized spacial score (nSPS) is 29.4. The van der Waals surface area contributed by atoms with Gasteiger partial charge in [-0.15, -0.1) is 0 Å². The smallest absolute Gasteiger partial charge is 0.0674 e. The number of rotatable bonds is 4. The highest BCUT2D eigenvalue weighted by Crippen LogP contribution is 2.20. The van der Waals surface area contributed by atoms with Crippen molar-refractivity contribution in [1.82, 2.24) is 10.2 Å². The molecule has 0 aliphatic carbocycles. The molecule has 1 heterocycles. The van der Waals surface area contributed by atoms with Gasteiger partial charge in [0.05, 0.1) is 12.7 Å². The van der Waals surface area contributed by atoms with Crippen LogP contribution in [-0.4, -0.2) is 50.3 Å². The third-order valence-electron chi connectivity index (χ3n) is 3.02. The van der Waals surface area contributed by atoms with Gasteiger partial charge in [-0.05, 0) is 26.3 Å². The maximum absolute atomic E-state index is 5.64. The van der Waals surface area contributed by atoms with Crippen molar-refractivity contribution < 1.29 is 4.74 Å². The topological polar surface area (TPSA) is 24.5 Å². The predicted octanol–water partition coefficient (Wildman–Crippen LogP) is 1.34. The molecule has 0 aromatic carbocycles. The summed E-state index contributed by atoms with van der Waals surface area (Å²) in [6.07, 6.45) is 0.381. The van der Waals surface area contributed by atoms with E-state index in [-0.39, 0.29) is 0 Å². The average Bonchev–Trinajstić information content (AvgIpc) is 2.10. The SMILES string of the molecule is CNCC(C)(C)CN1CC(C)OCC1C. The van der Waals surface area contributed by atoms with E-state index in [1.54, 1.807) is 0 Å². The van der Waals surface area contributed by atoms with Crippen molar-refractivity contribution in [2.45, 2.75) is 39.8 Å². The van der Waals surface area contributed by atoms with Crippen LogP contribution in [0, 0.1) is 5.41 Å². The Morgan fingerprint density at radius 3 is 2.67 bits per heavy atom. The van der Waals surface area contributed by atoms with E-state index in [0.717, 1.165) is 26.2 Å². The zero-order chi connectivity index (χ0) is 11.5. The summed E-state index contributed by atoms with van der Waals surface area (Å²) in [5, 5.41) is 3.27. The molecule has 3 heteroatoms. The van der Waals surface area contributed by atoms with Crippen LogP contribution in [-0.2, 0) is 4.74 Å². The number of nitrogens with one attached hydrogen (secondary N) is 1. The van der Waals surface area contributed by atoms with Crippen LogP contribution in [0.1, 0.15) is 27.7 Å². The van der Waals surface area contributed by atoms with Crippen molar-refractivity contribution in [1.29, 1.82) is 0 Å². The van der Waals surface area contributed by atoms with E-state index in [0.29, 0.717) is 17.6 Å². The van der Waals surface area contributed by atoms with E-state index in [1.807, 2.05) is 7.05 Å². The third kappa shape index (κ3) is 4.09. The average molecular weight is 214 g/mol. The lowest BCUT2D eigenvalue weighted by molar-refractivity contribution is -0.0598. The highest BCUT2D eigenvalue weighted by Gasteiger charge is 2.28. The zero-order valence-corrected chi connectivity index (χ0v) is 10.8. The van der Waals surface area contributed by atoms with Crippen LogP contribution in [0.25, 0.3) is 0 Å². The molecule has 0 spiro atoms.